The Morgan fingerprint density at radius 3 is 2.62 bits per heavy atom. The minimum Gasteiger partial charge on any atom is -0.293 e. The van der Waals surface area contributed by atoms with Crippen molar-refractivity contribution in [1.82, 2.24) is 0 Å². The Labute approximate surface area is 104 Å². The number of alkyl halides is 1. The van der Waals surface area contributed by atoms with Gasteiger partial charge in [0.15, 0.2) is 5.78 Å². The third-order valence-electron chi connectivity index (χ3n) is 2.80. The number of carbonyl (C=O) groups is 1. The predicted octanol–water partition coefficient (Wildman–Crippen LogP) is 3.98. The summed E-state index contributed by atoms with van der Waals surface area (Å²) < 4.78 is 0. The van der Waals surface area contributed by atoms with E-state index in [1.54, 1.807) is 0 Å². The van der Waals surface area contributed by atoms with E-state index in [1.807, 2.05) is 24.3 Å². The van der Waals surface area contributed by atoms with E-state index in [4.69, 9.17) is 0 Å². The topological polar surface area (TPSA) is 17.1 Å². The molecular weight excluding hydrogens is 264 g/mol. The van der Waals surface area contributed by atoms with Crippen LogP contribution in [-0.2, 0) is 6.42 Å². The Balaban J connectivity index is 2.78. The van der Waals surface area contributed by atoms with E-state index in [2.05, 4.69) is 35.0 Å². The lowest BCUT2D eigenvalue weighted by Crippen LogP contribution is -2.05. The highest BCUT2D eigenvalue weighted by molar-refractivity contribution is 9.09. The fraction of sp³-hybridized carbons (Fsp3) is 0.214. The van der Waals surface area contributed by atoms with Crippen LogP contribution in [-0.4, -0.2) is 11.1 Å². The van der Waals surface area contributed by atoms with Gasteiger partial charge in [-0.2, -0.15) is 0 Å². The number of halogens is 1. The van der Waals surface area contributed by atoms with Crippen LogP contribution in [0.25, 0.3) is 10.8 Å². The van der Waals surface area contributed by atoms with Crippen molar-refractivity contribution in [2.75, 3.05) is 5.33 Å². The first-order valence-electron chi connectivity index (χ1n) is 5.37. The van der Waals surface area contributed by atoms with Crippen LogP contribution in [0.1, 0.15) is 22.8 Å². The molecule has 0 saturated carbocycles. The van der Waals surface area contributed by atoms with Crippen LogP contribution >= 0.6 is 15.9 Å². The summed E-state index contributed by atoms with van der Waals surface area (Å²) in [6.07, 6.45) is 0.888. The molecule has 0 aliphatic carbocycles. The number of carbonyl (C=O) groups excluding carboxylic acids is 1. The molecule has 2 heteroatoms. The zero-order valence-corrected chi connectivity index (χ0v) is 10.8. The Morgan fingerprint density at radius 1 is 1.19 bits per heavy atom. The highest BCUT2D eigenvalue weighted by atomic mass is 79.9. The maximum absolute atomic E-state index is 12.0. The van der Waals surface area contributed by atoms with Gasteiger partial charge in [0.1, 0.15) is 0 Å². The van der Waals surface area contributed by atoms with Crippen molar-refractivity contribution >= 4 is 32.5 Å². The van der Waals surface area contributed by atoms with E-state index in [1.165, 1.54) is 0 Å². The molecule has 0 unspecified atom stereocenters. The lowest BCUT2D eigenvalue weighted by Gasteiger charge is -2.09. The summed E-state index contributed by atoms with van der Waals surface area (Å²) in [5.74, 6) is 0.161. The summed E-state index contributed by atoms with van der Waals surface area (Å²) in [6, 6.07) is 12.2. The molecule has 0 atom stereocenters. The van der Waals surface area contributed by atoms with Crippen LogP contribution in [0.5, 0.6) is 0 Å². The van der Waals surface area contributed by atoms with Gasteiger partial charge in [-0.1, -0.05) is 59.3 Å². The summed E-state index contributed by atoms with van der Waals surface area (Å²) >= 11 is 3.25. The van der Waals surface area contributed by atoms with Gasteiger partial charge in [0, 0.05) is 5.56 Å². The standard InChI is InChI=1S/C14H13BrO/c1-2-10-7-8-11-5-3-4-6-12(11)14(10)13(16)9-15/h3-8H,2,9H2,1H3. The molecule has 1 nitrogen and oxygen atoms in total. The summed E-state index contributed by atoms with van der Waals surface area (Å²) in [5.41, 5.74) is 2.00. The van der Waals surface area contributed by atoms with Crippen molar-refractivity contribution in [2.45, 2.75) is 13.3 Å². The minimum atomic E-state index is 0.161. The Bertz CT molecular complexity index is 531. The first-order chi connectivity index (χ1) is 7.77. The summed E-state index contributed by atoms with van der Waals surface area (Å²) in [4.78, 5) is 12.0. The largest absolute Gasteiger partial charge is 0.293 e. The van der Waals surface area contributed by atoms with Crippen molar-refractivity contribution < 1.29 is 4.79 Å². The summed E-state index contributed by atoms with van der Waals surface area (Å²) in [6.45, 7) is 2.08. The zero-order valence-electron chi connectivity index (χ0n) is 9.16. The number of hydrogen-bond donors (Lipinski definition) is 0. The van der Waals surface area contributed by atoms with E-state index < -0.39 is 0 Å². The number of benzene rings is 2. The van der Waals surface area contributed by atoms with Crippen molar-refractivity contribution in [2.24, 2.45) is 0 Å². The van der Waals surface area contributed by atoms with E-state index in [9.17, 15) is 4.79 Å². The molecule has 0 aliphatic rings. The van der Waals surface area contributed by atoms with E-state index in [0.29, 0.717) is 5.33 Å². The van der Waals surface area contributed by atoms with Gasteiger partial charge in [-0.25, -0.2) is 0 Å². The van der Waals surface area contributed by atoms with Gasteiger partial charge in [-0.15, -0.1) is 0 Å². The average Bonchev–Trinajstić information content (AvgIpc) is 2.36. The van der Waals surface area contributed by atoms with Crippen LogP contribution in [0.4, 0.5) is 0 Å². The first-order valence-corrected chi connectivity index (χ1v) is 6.50. The maximum atomic E-state index is 12.0. The van der Waals surface area contributed by atoms with E-state index in [0.717, 1.165) is 28.3 Å². The molecule has 0 radical (unpaired) electrons. The number of ketones is 1. The molecule has 82 valence electrons. The van der Waals surface area contributed by atoms with Gasteiger partial charge < -0.3 is 0 Å². The van der Waals surface area contributed by atoms with Crippen molar-refractivity contribution in [3.63, 3.8) is 0 Å². The Hall–Kier alpha value is -1.15. The van der Waals surface area contributed by atoms with Crippen LogP contribution < -0.4 is 0 Å². The Kier molecular flexibility index (Phi) is 3.39. The van der Waals surface area contributed by atoms with Gasteiger partial charge in [0.05, 0.1) is 5.33 Å². The van der Waals surface area contributed by atoms with E-state index in [-0.39, 0.29) is 5.78 Å². The molecule has 0 spiro atoms. The molecule has 16 heavy (non-hydrogen) atoms. The fourth-order valence-electron chi connectivity index (χ4n) is 2.01. The monoisotopic (exact) mass is 276 g/mol. The molecule has 0 bridgehead atoms. The minimum absolute atomic E-state index is 0.161. The summed E-state index contributed by atoms with van der Waals surface area (Å²) in [7, 11) is 0. The van der Waals surface area contributed by atoms with Gasteiger partial charge in [-0.3, -0.25) is 4.79 Å². The van der Waals surface area contributed by atoms with Crippen LogP contribution in [0.2, 0.25) is 0 Å². The lowest BCUT2D eigenvalue weighted by atomic mass is 9.95. The molecule has 2 aromatic rings. The molecule has 0 aromatic heterocycles. The zero-order chi connectivity index (χ0) is 11.5. The second-order valence-electron chi connectivity index (χ2n) is 3.73. The molecule has 2 rings (SSSR count). The second kappa shape index (κ2) is 4.79. The number of hydrogen-bond acceptors (Lipinski definition) is 1. The van der Waals surface area contributed by atoms with Crippen molar-refractivity contribution in [1.29, 1.82) is 0 Å². The number of rotatable bonds is 3. The van der Waals surface area contributed by atoms with Crippen LogP contribution in [0.15, 0.2) is 36.4 Å². The highest BCUT2D eigenvalue weighted by Gasteiger charge is 2.12. The lowest BCUT2D eigenvalue weighted by molar-refractivity contribution is 0.102. The van der Waals surface area contributed by atoms with E-state index >= 15 is 0 Å². The van der Waals surface area contributed by atoms with Crippen molar-refractivity contribution in [3.8, 4) is 0 Å². The normalized spacial score (nSPS) is 10.6. The van der Waals surface area contributed by atoms with Gasteiger partial charge >= 0.3 is 0 Å². The quantitative estimate of drug-likeness (QED) is 0.612. The van der Waals surface area contributed by atoms with Crippen molar-refractivity contribution in [3.05, 3.63) is 47.5 Å². The number of Topliss-reactive ketones (excluding diaryl/α,β-unsaturated/α-hetero) is 1. The Morgan fingerprint density at radius 2 is 1.94 bits per heavy atom. The summed E-state index contributed by atoms with van der Waals surface area (Å²) in [5, 5.41) is 2.57. The van der Waals surface area contributed by atoms with Gasteiger partial charge in [-0.05, 0) is 22.8 Å². The van der Waals surface area contributed by atoms with Gasteiger partial charge in [0.25, 0.3) is 0 Å². The average molecular weight is 277 g/mol. The SMILES string of the molecule is CCc1ccc2ccccc2c1C(=O)CBr. The molecule has 0 amide bonds. The molecule has 0 aliphatic heterocycles. The molecular formula is C14H13BrO. The van der Waals surface area contributed by atoms with Crippen LogP contribution in [0, 0.1) is 0 Å². The predicted molar refractivity (Wildman–Crippen MR) is 71.5 cm³/mol. The number of aryl methyl sites for hydroxylation is 1. The highest BCUT2D eigenvalue weighted by Crippen LogP contribution is 2.24. The van der Waals surface area contributed by atoms with Crippen LogP contribution in [0.3, 0.4) is 0 Å². The fourth-order valence-corrected chi connectivity index (χ4v) is 2.29. The first kappa shape index (κ1) is 11.3. The van der Waals surface area contributed by atoms with Gasteiger partial charge in [0.2, 0.25) is 0 Å². The molecule has 0 heterocycles. The number of fused-ring (bicyclic) bond motifs is 1. The maximum Gasteiger partial charge on any atom is 0.174 e. The molecule has 0 fully saturated rings. The third kappa shape index (κ3) is 1.90. The molecule has 0 saturated heterocycles. The third-order valence-corrected chi connectivity index (χ3v) is 3.31. The molecule has 0 N–H and O–H groups in total. The molecule has 2 aromatic carbocycles. The second-order valence-corrected chi connectivity index (χ2v) is 4.29. The smallest absolute Gasteiger partial charge is 0.174 e.